The molecule has 0 aromatic heterocycles. The Morgan fingerprint density at radius 3 is 2.48 bits per heavy atom. The Labute approximate surface area is 138 Å². The molecule has 2 aromatic rings. The van der Waals surface area contributed by atoms with E-state index in [1.165, 1.54) is 7.11 Å². The van der Waals surface area contributed by atoms with Gasteiger partial charge in [-0.1, -0.05) is 23.7 Å². The smallest absolute Gasteiger partial charge is 0.339 e. The number of halogens is 1. The Morgan fingerprint density at radius 2 is 1.78 bits per heavy atom. The van der Waals surface area contributed by atoms with Crippen molar-refractivity contribution >= 4 is 29.3 Å². The maximum atomic E-state index is 11.8. The summed E-state index contributed by atoms with van der Waals surface area (Å²) >= 11 is 5.77. The van der Waals surface area contributed by atoms with Crippen LogP contribution >= 0.6 is 11.6 Å². The summed E-state index contributed by atoms with van der Waals surface area (Å²) in [7, 11) is 1.28. The number of urea groups is 1. The van der Waals surface area contributed by atoms with Crippen LogP contribution in [-0.2, 0) is 4.74 Å². The number of ether oxygens (including phenoxy) is 2. The highest BCUT2D eigenvalue weighted by molar-refractivity contribution is 6.30. The number of rotatable bonds is 5. The molecule has 120 valence electrons. The Kier molecular flexibility index (Phi) is 5.82. The number of nitrogens with one attached hydrogen (secondary N) is 2. The number of para-hydroxylation sites is 1. The predicted molar refractivity (Wildman–Crippen MR) is 86.9 cm³/mol. The van der Waals surface area contributed by atoms with Gasteiger partial charge in [-0.25, -0.2) is 9.59 Å². The second-order valence-electron chi connectivity index (χ2n) is 4.41. The Balaban J connectivity index is 1.88. The average Bonchev–Trinajstić information content (AvgIpc) is 2.56. The highest BCUT2D eigenvalue weighted by Gasteiger charge is 2.12. The molecule has 0 bridgehead atoms. The monoisotopic (exact) mass is 334 g/mol. The number of amides is 2. The van der Waals surface area contributed by atoms with E-state index in [-0.39, 0.29) is 12.3 Å². The average molecular weight is 335 g/mol. The zero-order valence-electron chi connectivity index (χ0n) is 12.3. The molecule has 0 aliphatic heterocycles. The van der Waals surface area contributed by atoms with E-state index in [1.54, 1.807) is 48.5 Å². The zero-order valence-corrected chi connectivity index (χ0v) is 13.1. The van der Waals surface area contributed by atoms with Gasteiger partial charge >= 0.3 is 12.0 Å². The van der Waals surface area contributed by atoms with Crippen molar-refractivity contribution in [1.82, 2.24) is 5.32 Å². The minimum Gasteiger partial charge on any atom is -0.473 e. The van der Waals surface area contributed by atoms with Gasteiger partial charge < -0.3 is 20.1 Å². The summed E-state index contributed by atoms with van der Waals surface area (Å²) in [5.41, 5.74) is 0.618. The van der Waals surface area contributed by atoms with Crippen LogP contribution in [0.15, 0.2) is 48.5 Å². The minimum absolute atomic E-state index is 0.0339. The first-order valence-corrected chi connectivity index (χ1v) is 7.08. The summed E-state index contributed by atoms with van der Waals surface area (Å²) in [6.07, 6.45) is 0. The van der Waals surface area contributed by atoms with Crippen LogP contribution in [0.2, 0.25) is 5.02 Å². The van der Waals surface area contributed by atoms with Gasteiger partial charge in [0.2, 0.25) is 0 Å². The Hall–Kier alpha value is -2.73. The SMILES string of the molecule is COC(=O)c1ccccc1NC(=O)NCOc1ccc(Cl)cc1. The van der Waals surface area contributed by atoms with Crippen LogP contribution in [0.4, 0.5) is 10.5 Å². The molecule has 23 heavy (non-hydrogen) atoms. The molecule has 2 amide bonds. The lowest BCUT2D eigenvalue weighted by molar-refractivity contribution is 0.0602. The normalized spacial score (nSPS) is 9.83. The molecule has 0 saturated heterocycles. The molecule has 7 heteroatoms. The van der Waals surface area contributed by atoms with Crippen LogP contribution in [0.3, 0.4) is 0 Å². The fourth-order valence-corrected chi connectivity index (χ4v) is 1.89. The molecule has 0 aliphatic carbocycles. The Bertz CT molecular complexity index is 689. The van der Waals surface area contributed by atoms with Crippen LogP contribution < -0.4 is 15.4 Å². The number of anilines is 1. The summed E-state index contributed by atoms with van der Waals surface area (Å²) in [5, 5.41) is 5.69. The molecule has 2 N–H and O–H groups in total. The van der Waals surface area contributed by atoms with E-state index in [1.807, 2.05) is 0 Å². The summed E-state index contributed by atoms with van der Waals surface area (Å²) < 4.78 is 10.0. The molecule has 0 saturated carbocycles. The largest absolute Gasteiger partial charge is 0.473 e. The van der Waals surface area contributed by atoms with Crippen molar-refractivity contribution in [3.63, 3.8) is 0 Å². The lowest BCUT2D eigenvalue weighted by Gasteiger charge is -2.11. The van der Waals surface area contributed by atoms with Gasteiger partial charge in [-0.05, 0) is 36.4 Å². The maximum Gasteiger partial charge on any atom is 0.339 e. The molecule has 0 spiro atoms. The molecule has 0 unspecified atom stereocenters. The van der Waals surface area contributed by atoms with Crippen molar-refractivity contribution < 1.29 is 19.1 Å². The van der Waals surface area contributed by atoms with Crippen LogP contribution in [0.25, 0.3) is 0 Å². The van der Waals surface area contributed by atoms with Crippen molar-refractivity contribution in [3.8, 4) is 5.75 Å². The molecule has 0 atom stereocenters. The van der Waals surface area contributed by atoms with Gasteiger partial charge in [0.15, 0.2) is 6.73 Å². The first-order valence-electron chi connectivity index (χ1n) is 6.70. The van der Waals surface area contributed by atoms with E-state index in [0.717, 1.165) is 0 Å². The lowest BCUT2D eigenvalue weighted by Crippen LogP contribution is -2.32. The fourth-order valence-electron chi connectivity index (χ4n) is 1.76. The van der Waals surface area contributed by atoms with Gasteiger partial charge in [0.05, 0.1) is 18.4 Å². The van der Waals surface area contributed by atoms with E-state index in [4.69, 9.17) is 16.3 Å². The number of esters is 1. The first-order chi connectivity index (χ1) is 11.1. The number of carbonyl (C=O) groups excluding carboxylic acids is 2. The third-order valence-electron chi connectivity index (χ3n) is 2.87. The minimum atomic E-state index is -0.529. The number of carbonyl (C=O) groups is 2. The zero-order chi connectivity index (χ0) is 16.7. The predicted octanol–water partition coefficient (Wildman–Crippen LogP) is 3.28. The van der Waals surface area contributed by atoms with Crippen LogP contribution in [0, 0.1) is 0 Å². The van der Waals surface area contributed by atoms with Gasteiger partial charge in [-0.2, -0.15) is 0 Å². The summed E-state index contributed by atoms with van der Waals surface area (Å²) in [4.78, 5) is 23.5. The van der Waals surface area contributed by atoms with Gasteiger partial charge in [0.1, 0.15) is 5.75 Å². The highest BCUT2D eigenvalue weighted by atomic mass is 35.5. The van der Waals surface area contributed by atoms with Crippen molar-refractivity contribution in [1.29, 1.82) is 0 Å². The van der Waals surface area contributed by atoms with Crippen molar-refractivity contribution in [3.05, 3.63) is 59.1 Å². The van der Waals surface area contributed by atoms with Crippen LogP contribution in [0.5, 0.6) is 5.75 Å². The Morgan fingerprint density at radius 1 is 1.09 bits per heavy atom. The summed E-state index contributed by atoms with van der Waals surface area (Å²) in [5.74, 6) is 0.0444. The number of benzene rings is 2. The van der Waals surface area contributed by atoms with Crippen molar-refractivity contribution in [2.45, 2.75) is 0 Å². The van der Waals surface area contributed by atoms with E-state index in [2.05, 4.69) is 15.4 Å². The van der Waals surface area contributed by atoms with Gasteiger partial charge in [0, 0.05) is 5.02 Å². The molecule has 2 rings (SSSR count). The molecule has 2 aromatic carbocycles. The second kappa shape index (κ2) is 8.05. The number of methoxy groups -OCH3 is 1. The van der Waals surface area contributed by atoms with Crippen molar-refractivity contribution in [2.75, 3.05) is 19.2 Å². The van der Waals surface area contributed by atoms with Crippen LogP contribution in [0.1, 0.15) is 10.4 Å². The molecule has 0 fully saturated rings. The quantitative estimate of drug-likeness (QED) is 0.650. The van der Waals surface area contributed by atoms with Gasteiger partial charge in [0.25, 0.3) is 0 Å². The molecular weight excluding hydrogens is 320 g/mol. The standard InChI is InChI=1S/C16H15ClN2O4/c1-22-15(20)13-4-2-3-5-14(13)19-16(21)18-10-23-12-8-6-11(17)7-9-12/h2-9H,10H2,1H3,(H2,18,19,21). The first kappa shape index (κ1) is 16.6. The van der Waals surface area contributed by atoms with Gasteiger partial charge in [-0.3, -0.25) is 0 Å². The van der Waals surface area contributed by atoms with E-state index in [0.29, 0.717) is 16.5 Å². The molecule has 0 heterocycles. The third-order valence-corrected chi connectivity index (χ3v) is 3.12. The third kappa shape index (κ3) is 4.89. The molecule has 6 nitrogen and oxygen atoms in total. The number of hydrogen-bond donors (Lipinski definition) is 2. The fraction of sp³-hybridized carbons (Fsp3) is 0.125. The highest BCUT2D eigenvalue weighted by Crippen LogP contribution is 2.16. The van der Waals surface area contributed by atoms with E-state index in [9.17, 15) is 9.59 Å². The summed E-state index contributed by atoms with van der Waals surface area (Å²) in [6.45, 7) is -0.0339. The topological polar surface area (TPSA) is 76.7 Å². The maximum absolute atomic E-state index is 11.8. The number of hydrogen-bond acceptors (Lipinski definition) is 4. The lowest BCUT2D eigenvalue weighted by atomic mass is 10.2. The summed E-state index contributed by atoms with van der Waals surface area (Å²) in [6, 6.07) is 12.8. The second-order valence-corrected chi connectivity index (χ2v) is 4.85. The molecular formula is C16H15ClN2O4. The molecule has 0 aliphatic rings. The van der Waals surface area contributed by atoms with E-state index >= 15 is 0 Å². The van der Waals surface area contributed by atoms with Crippen molar-refractivity contribution in [2.24, 2.45) is 0 Å². The molecule has 0 radical (unpaired) electrons. The van der Waals surface area contributed by atoms with Gasteiger partial charge in [-0.15, -0.1) is 0 Å². The van der Waals surface area contributed by atoms with Crippen LogP contribution in [-0.4, -0.2) is 25.8 Å². The van der Waals surface area contributed by atoms with E-state index < -0.39 is 12.0 Å².